The van der Waals surface area contributed by atoms with Crippen LogP contribution in [0.5, 0.6) is 0 Å². The van der Waals surface area contributed by atoms with Crippen LogP contribution < -0.4 is 5.32 Å². The number of rotatable bonds is 9. The van der Waals surface area contributed by atoms with Gasteiger partial charge in [-0.3, -0.25) is 4.98 Å². The van der Waals surface area contributed by atoms with E-state index in [2.05, 4.69) is 57.1 Å². The van der Waals surface area contributed by atoms with Crippen molar-refractivity contribution in [3.8, 4) is 0 Å². The highest BCUT2D eigenvalue weighted by atomic mass is 14.9. The lowest BCUT2D eigenvalue weighted by atomic mass is 9.89. The van der Waals surface area contributed by atoms with Gasteiger partial charge in [-0.2, -0.15) is 0 Å². The second-order valence-electron chi connectivity index (χ2n) is 5.95. The van der Waals surface area contributed by atoms with E-state index in [9.17, 15) is 0 Å². The Kier molecular flexibility index (Phi) is 7.83. The van der Waals surface area contributed by atoms with E-state index in [0.717, 1.165) is 23.9 Å². The SMILES string of the molecule is CCCCC(CC)CC(NCC)c1cc(C)nc(C)c1. The van der Waals surface area contributed by atoms with E-state index in [-0.39, 0.29) is 0 Å². The second-order valence-corrected chi connectivity index (χ2v) is 5.95. The summed E-state index contributed by atoms with van der Waals surface area (Å²) in [6.07, 6.45) is 6.54. The van der Waals surface area contributed by atoms with Crippen molar-refractivity contribution in [1.29, 1.82) is 0 Å². The van der Waals surface area contributed by atoms with Crippen LogP contribution in [0.2, 0.25) is 0 Å². The molecule has 2 unspecified atom stereocenters. The molecule has 2 atom stereocenters. The van der Waals surface area contributed by atoms with Crippen LogP contribution >= 0.6 is 0 Å². The predicted octanol–water partition coefficient (Wildman–Crippen LogP) is 4.96. The molecule has 114 valence electrons. The Morgan fingerprint density at radius 3 is 2.25 bits per heavy atom. The molecule has 0 amide bonds. The van der Waals surface area contributed by atoms with Crippen molar-refractivity contribution in [1.82, 2.24) is 10.3 Å². The summed E-state index contributed by atoms with van der Waals surface area (Å²) < 4.78 is 0. The van der Waals surface area contributed by atoms with Crippen molar-refractivity contribution < 1.29 is 0 Å². The Balaban J connectivity index is 2.81. The standard InChI is InChI=1S/C18H32N2/c1-6-9-10-16(7-2)13-18(19-8-3)17-11-14(4)20-15(5)12-17/h11-12,16,18-19H,6-10,13H2,1-5H3. The van der Waals surface area contributed by atoms with E-state index in [0.29, 0.717) is 6.04 Å². The monoisotopic (exact) mass is 276 g/mol. The maximum atomic E-state index is 4.50. The highest BCUT2D eigenvalue weighted by Gasteiger charge is 2.17. The lowest BCUT2D eigenvalue weighted by Gasteiger charge is -2.24. The summed E-state index contributed by atoms with van der Waals surface area (Å²) in [4.78, 5) is 4.50. The van der Waals surface area contributed by atoms with Crippen LogP contribution in [0.1, 0.15) is 75.9 Å². The summed E-state index contributed by atoms with van der Waals surface area (Å²) in [6.45, 7) is 12.0. The molecule has 0 saturated carbocycles. The van der Waals surface area contributed by atoms with Gasteiger partial charge in [0.25, 0.3) is 0 Å². The first kappa shape index (κ1) is 17.2. The molecule has 0 radical (unpaired) electrons. The summed E-state index contributed by atoms with van der Waals surface area (Å²) >= 11 is 0. The first-order chi connectivity index (χ1) is 9.60. The third kappa shape index (κ3) is 5.62. The first-order valence-electron chi connectivity index (χ1n) is 8.29. The molecule has 1 aromatic heterocycles. The molecule has 1 N–H and O–H groups in total. The fraction of sp³-hybridized carbons (Fsp3) is 0.722. The zero-order valence-electron chi connectivity index (χ0n) is 14.0. The van der Waals surface area contributed by atoms with Crippen molar-refractivity contribution in [2.45, 2.75) is 72.8 Å². The number of pyridine rings is 1. The lowest BCUT2D eigenvalue weighted by Crippen LogP contribution is -2.24. The maximum absolute atomic E-state index is 4.50. The molecule has 0 spiro atoms. The highest BCUT2D eigenvalue weighted by Crippen LogP contribution is 2.27. The number of nitrogens with one attached hydrogen (secondary N) is 1. The summed E-state index contributed by atoms with van der Waals surface area (Å²) in [6, 6.07) is 4.96. The lowest BCUT2D eigenvalue weighted by molar-refractivity contribution is 0.356. The first-order valence-corrected chi connectivity index (χ1v) is 8.29. The van der Waals surface area contributed by atoms with Gasteiger partial charge in [0.15, 0.2) is 0 Å². The summed E-state index contributed by atoms with van der Waals surface area (Å²) in [5.74, 6) is 0.827. The second kappa shape index (κ2) is 9.12. The normalized spacial score (nSPS) is 14.2. The molecule has 1 rings (SSSR count). The third-order valence-corrected chi connectivity index (χ3v) is 4.07. The fourth-order valence-corrected chi connectivity index (χ4v) is 2.97. The Bertz CT molecular complexity index is 367. The van der Waals surface area contributed by atoms with Gasteiger partial charge >= 0.3 is 0 Å². The van der Waals surface area contributed by atoms with Gasteiger partial charge in [-0.25, -0.2) is 0 Å². The molecule has 0 fully saturated rings. The predicted molar refractivity (Wildman–Crippen MR) is 88.1 cm³/mol. The van der Waals surface area contributed by atoms with Gasteiger partial charge in [0, 0.05) is 17.4 Å². The Morgan fingerprint density at radius 2 is 1.75 bits per heavy atom. The van der Waals surface area contributed by atoms with Crippen LogP contribution in [0.4, 0.5) is 0 Å². The smallest absolute Gasteiger partial charge is 0.0379 e. The molecular formula is C18H32N2. The number of aryl methyl sites for hydroxylation is 2. The number of unbranched alkanes of at least 4 members (excludes halogenated alkanes) is 1. The Labute approximate surface area is 125 Å². The summed E-state index contributed by atoms with van der Waals surface area (Å²) in [5.41, 5.74) is 3.67. The molecule has 0 aliphatic carbocycles. The van der Waals surface area contributed by atoms with Gasteiger partial charge in [-0.05, 0) is 50.4 Å². The van der Waals surface area contributed by atoms with E-state index >= 15 is 0 Å². The summed E-state index contributed by atoms with van der Waals surface area (Å²) in [7, 11) is 0. The minimum absolute atomic E-state index is 0.474. The van der Waals surface area contributed by atoms with Gasteiger partial charge in [-0.1, -0.05) is 46.5 Å². The van der Waals surface area contributed by atoms with E-state index in [4.69, 9.17) is 0 Å². The van der Waals surface area contributed by atoms with E-state index in [1.165, 1.54) is 37.7 Å². The zero-order valence-corrected chi connectivity index (χ0v) is 14.0. The quantitative estimate of drug-likeness (QED) is 0.690. The molecule has 0 aliphatic rings. The van der Waals surface area contributed by atoms with Crippen molar-refractivity contribution in [3.05, 3.63) is 29.1 Å². The molecule has 2 nitrogen and oxygen atoms in total. The van der Waals surface area contributed by atoms with Gasteiger partial charge in [0.05, 0.1) is 0 Å². The van der Waals surface area contributed by atoms with Crippen molar-refractivity contribution in [2.75, 3.05) is 6.54 Å². The average Bonchev–Trinajstić information content (AvgIpc) is 2.41. The number of aromatic nitrogens is 1. The molecule has 0 aliphatic heterocycles. The molecular weight excluding hydrogens is 244 g/mol. The average molecular weight is 276 g/mol. The van der Waals surface area contributed by atoms with Gasteiger partial charge in [0.2, 0.25) is 0 Å². The molecule has 1 heterocycles. The van der Waals surface area contributed by atoms with Gasteiger partial charge < -0.3 is 5.32 Å². The highest BCUT2D eigenvalue weighted by molar-refractivity contribution is 5.23. The Hall–Kier alpha value is -0.890. The fourth-order valence-electron chi connectivity index (χ4n) is 2.97. The van der Waals surface area contributed by atoms with Crippen molar-refractivity contribution >= 4 is 0 Å². The molecule has 0 saturated heterocycles. The molecule has 1 aromatic rings. The minimum atomic E-state index is 0.474. The van der Waals surface area contributed by atoms with Crippen LogP contribution in [-0.2, 0) is 0 Å². The molecule has 0 aromatic carbocycles. The maximum Gasteiger partial charge on any atom is 0.0379 e. The van der Waals surface area contributed by atoms with E-state index < -0.39 is 0 Å². The van der Waals surface area contributed by atoms with E-state index in [1.807, 2.05) is 0 Å². The van der Waals surface area contributed by atoms with Crippen LogP contribution in [0.25, 0.3) is 0 Å². The van der Waals surface area contributed by atoms with Gasteiger partial charge in [0.1, 0.15) is 0 Å². The molecule has 2 heteroatoms. The minimum Gasteiger partial charge on any atom is -0.310 e. The third-order valence-electron chi connectivity index (χ3n) is 4.07. The van der Waals surface area contributed by atoms with Crippen LogP contribution in [0, 0.1) is 19.8 Å². The molecule has 0 bridgehead atoms. The van der Waals surface area contributed by atoms with Crippen molar-refractivity contribution in [3.63, 3.8) is 0 Å². The number of hydrogen-bond donors (Lipinski definition) is 1. The van der Waals surface area contributed by atoms with Crippen molar-refractivity contribution in [2.24, 2.45) is 5.92 Å². The van der Waals surface area contributed by atoms with Crippen LogP contribution in [0.15, 0.2) is 12.1 Å². The zero-order chi connectivity index (χ0) is 15.0. The number of hydrogen-bond acceptors (Lipinski definition) is 2. The van der Waals surface area contributed by atoms with Crippen LogP contribution in [0.3, 0.4) is 0 Å². The topological polar surface area (TPSA) is 24.9 Å². The van der Waals surface area contributed by atoms with E-state index in [1.54, 1.807) is 0 Å². The van der Waals surface area contributed by atoms with Gasteiger partial charge in [-0.15, -0.1) is 0 Å². The Morgan fingerprint density at radius 1 is 1.10 bits per heavy atom. The molecule has 20 heavy (non-hydrogen) atoms. The summed E-state index contributed by atoms with van der Waals surface area (Å²) in [5, 5.41) is 3.67. The largest absolute Gasteiger partial charge is 0.310 e. The van der Waals surface area contributed by atoms with Crippen LogP contribution in [-0.4, -0.2) is 11.5 Å². The number of nitrogens with zero attached hydrogens (tertiary/aromatic N) is 1.